The molecule has 2 atom stereocenters. The van der Waals surface area contributed by atoms with Gasteiger partial charge in [-0.15, -0.1) is 0 Å². The molecule has 0 aromatic rings. The van der Waals surface area contributed by atoms with Crippen LogP contribution in [0.5, 0.6) is 0 Å². The summed E-state index contributed by atoms with van der Waals surface area (Å²) in [5, 5.41) is 3.33. The lowest BCUT2D eigenvalue weighted by Gasteiger charge is -2.35. The zero-order valence-electron chi connectivity index (χ0n) is 9.47. The lowest BCUT2D eigenvalue weighted by molar-refractivity contribution is 0.156. The summed E-state index contributed by atoms with van der Waals surface area (Å²) in [5.74, 6) is 0.944. The lowest BCUT2D eigenvalue weighted by atomic mass is 9.85. The van der Waals surface area contributed by atoms with Gasteiger partial charge in [-0.25, -0.2) is 0 Å². The van der Waals surface area contributed by atoms with E-state index < -0.39 is 0 Å². The summed E-state index contributed by atoms with van der Waals surface area (Å²) in [6, 6.07) is 0.921. The molecule has 14 heavy (non-hydrogen) atoms. The molecule has 2 nitrogen and oxygen atoms in total. The number of hydrogen-bond acceptors (Lipinski definition) is 2. The van der Waals surface area contributed by atoms with Crippen molar-refractivity contribution in [3.8, 4) is 0 Å². The summed E-state index contributed by atoms with van der Waals surface area (Å²) in [7, 11) is 2.08. The highest BCUT2D eigenvalue weighted by Crippen LogP contribution is 2.29. The Kier molecular flexibility index (Phi) is 3.82. The SMILES string of the molecule is CNCC1CCCC(N2CCCC2)C1. The molecule has 1 N–H and O–H groups in total. The van der Waals surface area contributed by atoms with Gasteiger partial charge in [0, 0.05) is 6.04 Å². The number of likely N-dealkylation sites (tertiary alicyclic amines) is 1. The highest BCUT2D eigenvalue weighted by atomic mass is 15.2. The van der Waals surface area contributed by atoms with Gasteiger partial charge in [0.1, 0.15) is 0 Å². The molecule has 0 amide bonds. The molecule has 1 heterocycles. The van der Waals surface area contributed by atoms with E-state index >= 15 is 0 Å². The van der Waals surface area contributed by atoms with Gasteiger partial charge in [0.25, 0.3) is 0 Å². The van der Waals surface area contributed by atoms with E-state index in [0.717, 1.165) is 12.0 Å². The van der Waals surface area contributed by atoms with Crippen molar-refractivity contribution in [1.29, 1.82) is 0 Å². The fraction of sp³-hybridized carbons (Fsp3) is 1.00. The summed E-state index contributed by atoms with van der Waals surface area (Å²) in [5.41, 5.74) is 0. The second-order valence-corrected chi connectivity index (χ2v) is 4.99. The molecule has 1 aliphatic carbocycles. The number of hydrogen-bond donors (Lipinski definition) is 1. The van der Waals surface area contributed by atoms with Gasteiger partial charge >= 0.3 is 0 Å². The van der Waals surface area contributed by atoms with Crippen LogP contribution in [-0.2, 0) is 0 Å². The minimum atomic E-state index is 0.921. The van der Waals surface area contributed by atoms with Crippen LogP contribution in [0.4, 0.5) is 0 Å². The Morgan fingerprint density at radius 2 is 1.93 bits per heavy atom. The van der Waals surface area contributed by atoms with Crippen LogP contribution < -0.4 is 5.32 Å². The van der Waals surface area contributed by atoms with Crippen LogP contribution in [0.25, 0.3) is 0 Å². The average molecular weight is 196 g/mol. The topological polar surface area (TPSA) is 15.3 Å². The molecule has 1 aliphatic heterocycles. The van der Waals surface area contributed by atoms with Gasteiger partial charge in [-0.2, -0.15) is 0 Å². The monoisotopic (exact) mass is 196 g/mol. The van der Waals surface area contributed by atoms with Gasteiger partial charge in [0.05, 0.1) is 0 Å². The summed E-state index contributed by atoms with van der Waals surface area (Å²) >= 11 is 0. The minimum Gasteiger partial charge on any atom is -0.319 e. The molecule has 0 radical (unpaired) electrons. The van der Waals surface area contributed by atoms with Gasteiger partial charge in [0.15, 0.2) is 0 Å². The van der Waals surface area contributed by atoms with Crippen molar-refractivity contribution in [2.24, 2.45) is 5.92 Å². The van der Waals surface area contributed by atoms with Crippen LogP contribution in [0.15, 0.2) is 0 Å². The maximum Gasteiger partial charge on any atom is 0.00983 e. The third-order valence-electron chi connectivity index (χ3n) is 3.90. The van der Waals surface area contributed by atoms with Crippen molar-refractivity contribution in [1.82, 2.24) is 10.2 Å². The first-order chi connectivity index (χ1) is 6.90. The second-order valence-electron chi connectivity index (χ2n) is 4.99. The van der Waals surface area contributed by atoms with E-state index in [9.17, 15) is 0 Å². The van der Waals surface area contributed by atoms with Crippen LogP contribution in [0.3, 0.4) is 0 Å². The number of nitrogens with one attached hydrogen (secondary N) is 1. The van der Waals surface area contributed by atoms with Crippen molar-refractivity contribution >= 4 is 0 Å². The molecule has 1 saturated heterocycles. The van der Waals surface area contributed by atoms with Crippen molar-refractivity contribution in [2.45, 2.75) is 44.6 Å². The highest BCUT2D eigenvalue weighted by molar-refractivity contribution is 4.83. The lowest BCUT2D eigenvalue weighted by Crippen LogP contribution is -2.38. The van der Waals surface area contributed by atoms with Crippen molar-refractivity contribution < 1.29 is 0 Å². The fourth-order valence-electron chi connectivity index (χ4n) is 3.18. The Bertz CT molecular complexity index is 162. The Labute approximate surface area is 88.1 Å². The molecule has 0 aromatic heterocycles. The zero-order valence-corrected chi connectivity index (χ0v) is 9.47. The summed E-state index contributed by atoms with van der Waals surface area (Å²) < 4.78 is 0. The quantitative estimate of drug-likeness (QED) is 0.741. The van der Waals surface area contributed by atoms with E-state index in [2.05, 4.69) is 17.3 Å². The predicted octanol–water partition coefficient (Wildman–Crippen LogP) is 1.86. The van der Waals surface area contributed by atoms with Crippen molar-refractivity contribution in [3.05, 3.63) is 0 Å². The van der Waals surface area contributed by atoms with E-state index in [1.54, 1.807) is 0 Å². The molecule has 2 unspecified atom stereocenters. The molecule has 82 valence electrons. The van der Waals surface area contributed by atoms with Crippen LogP contribution in [0.2, 0.25) is 0 Å². The van der Waals surface area contributed by atoms with Crippen molar-refractivity contribution in [3.63, 3.8) is 0 Å². The second kappa shape index (κ2) is 5.13. The first kappa shape index (κ1) is 10.4. The molecular formula is C12H24N2. The van der Waals surface area contributed by atoms with Gasteiger partial charge < -0.3 is 10.2 Å². The highest BCUT2D eigenvalue weighted by Gasteiger charge is 2.27. The summed E-state index contributed by atoms with van der Waals surface area (Å²) in [6.07, 6.45) is 8.68. The van der Waals surface area contributed by atoms with Crippen LogP contribution in [0.1, 0.15) is 38.5 Å². The summed E-state index contributed by atoms with van der Waals surface area (Å²) in [4.78, 5) is 2.74. The molecule has 2 rings (SSSR count). The standard InChI is InChI=1S/C12H24N2/c1-13-10-11-5-4-6-12(9-11)14-7-2-3-8-14/h11-13H,2-10H2,1H3. The third kappa shape index (κ3) is 2.48. The maximum absolute atomic E-state index is 3.33. The van der Waals surface area contributed by atoms with E-state index in [-0.39, 0.29) is 0 Å². The molecule has 0 spiro atoms. The first-order valence-electron chi connectivity index (χ1n) is 6.29. The third-order valence-corrected chi connectivity index (χ3v) is 3.90. The zero-order chi connectivity index (χ0) is 9.80. The normalized spacial score (nSPS) is 34.9. The smallest absolute Gasteiger partial charge is 0.00983 e. The first-order valence-corrected chi connectivity index (χ1v) is 6.29. The Morgan fingerprint density at radius 3 is 2.64 bits per heavy atom. The Hall–Kier alpha value is -0.0800. The number of rotatable bonds is 3. The maximum atomic E-state index is 3.33. The largest absolute Gasteiger partial charge is 0.319 e. The van der Waals surface area contributed by atoms with Crippen LogP contribution in [0, 0.1) is 5.92 Å². The molecule has 2 heteroatoms. The van der Waals surface area contributed by atoms with Gasteiger partial charge in [-0.3, -0.25) is 0 Å². The predicted molar refractivity (Wildman–Crippen MR) is 60.5 cm³/mol. The number of nitrogens with zero attached hydrogens (tertiary/aromatic N) is 1. The molecule has 0 bridgehead atoms. The average Bonchev–Trinajstić information content (AvgIpc) is 2.71. The van der Waals surface area contributed by atoms with Crippen LogP contribution >= 0.6 is 0 Å². The van der Waals surface area contributed by atoms with E-state index in [4.69, 9.17) is 0 Å². The molecule has 0 aromatic carbocycles. The van der Waals surface area contributed by atoms with Crippen LogP contribution in [-0.4, -0.2) is 37.6 Å². The van der Waals surface area contributed by atoms with Gasteiger partial charge in [0.2, 0.25) is 0 Å². The molecule has 2 fully saturated rings. The van der Waals surface area contributed by atoms with Crippen molar-refractivity contribution in [2.75, 3.05) is 26.7 Å². The van der Waals surface area contributed by atoms with Gasteiger partial charge in [-0.05, 0) is 64.7 Å². The fourth-order valence-corrected chi connectivity index (χ4v) is 3.18. The van der Waals surface area contributed by atoms with Gasteiger partial charge in [-0.1, -0.05) is 6.42 Å². The molecule has 1 saturated carbocycles. The molecular weight excluding hydrogens is 172 g/mol. The summed E-state index contributed by atoms with van der Waals surface area (Å²) in [6.45, 7) is 3.97. The molecule has 2 aliphatic rings. The minimum absolute atomic E-state index is 0.921. The van der Waals surface area contributed by atoms with E-state index in [0.29, 0.717) is 0 Å². The Morgan fingerprint density at radius 1 is 1.14 bits per heavy atom. The van der Waals surface area contributed by atoms with E-state index in [1.165, 1.54) is 58.2 Å². The Balaban J connectivity index is 1.80. The van der Waals surface area contributed by atoms with E-state index in [1.807, 2.05) is 0 Å².